The summed E-state index contributed by atoms with van der Waals surface area (Å²) in [5.74, 6) is 0.945. The predicted molar refractivity (Wildman–Crippen MR) is 102 cm³/mol. The molecule has 0 bridgehead atoms. The zero-order chi connectivity index (χ0) is 18.7. The van der Waals surface area contributed by atoms with E-state index in [2.05, 4.69) is 0 Å². The van der Waals surface area contributed by atoms with Gasteiger partial charge in [-0.3, -0.25) is 14.5 Å². The molecule has 1 aliphatic heterocycles. The van der Waals surface area contributed by atoms with Gasteiger partial charge in [0.25, 0.3) is 11.1 Å². The van der Waals surface area contributed by atoms with Gasteiger partial charge in [-0.05, 0) is 42.5 Å². The van der Waals surface area contributed by atoms with Crippen LogP contribution in [0.25, 0.3) is 6.08 Å². The number of amides is 2. The Morgan fingerprint density at radius 3 is 2.58 bits per heavy atom. The lowest BCUT2D eigenvalue weighted by Crippen LogP contribution is -2.27. The fourth-order valence-corrected chi connectivity index (χ4v) is 3.54. The molecule has 0 saturated carbocycles. The molecule has 2 aromatic carbocycles. The second-order valence-corrected chi connectivity index (χ2v) is 6.86. The maximum atomic E-state index is 12.7. The SMILES string of the molecule is COc1ccc(/C=C2/SC(=O)N(Cc3cccc(C)c3)C2=O)c(OC)c1. The maximum Gasteiger partial charge on any atom is 0.293 e. The summed E-state index contributed by atoms with van der Waals surface area (Å²) in [6.45, 7) is 2.25. The molecule has 0 aromatic heterocycles. The smallest absolute Gasteiger partial charge is 0.293 e. The van der Waals surface area contributed by atoms with Crippen molar-refractivity contribution >= 4 is 29.0 Å². The first-order valence-electron chi connectivity index (χ1n) is 8.04. The lowest BCUT2D eigenvalue weighted by molar-refractivity contribution is -0.123. The highest BCUT2D eigenvalue weighted by Gasteiger charge is 2.35. The molecule has 0 spiro atoms. The van der Waals surface area contributed by atoms with Gasteiger partial charge in [0.1, 0.15) is 11.5 Å². The van der Waals surface area contributed by atoms with Gasteiger partial charge in [0, 0.05) is 11.6 Å². The molecule has 2 aromatic rings. The molecule has 0 unspecified atom stereocenters. The second-order valence-electron chi connectivity index (χ2n) is 5.86. The van der Waals surface area contributed by atoms with Crippen LogP contribution in [0, 0.1) is 6.92 Å². The van der Waals surface area contributed by atoms with Gasteiger partial charge in [-0.1, -0.05) is 29.8 Å². The van der Waals surface area contributed by atoms with Gasteiger partial charge >= 0.3 is 0 Å². The molecule has 6 heteroatoms. The van der Waals surface area contributed by atoms with Crippen molar-refractivity contribution in [2.75, 3.05) is 14.2 Å². The Hall–Kier alpha value is -2.73. The third-order valence-corrected chi connectivity index (χ3v) is 4.93. The predicted octanol–water partition coefficient (Wildman–Crippen LogP) is 4.25. The Bertz CT molecular complexity index is 891. The Balaban J connectivity index is 1.85. The van der Waals surface area contributed by atoms with E-state index in [0.717, 1.165) is 22.9 Å². The molecule has 1 saturated heterocycles. The quantitative estimate of drug-likeness (QED) is 0.738. The number of ether oxygens (including phenoxy) is 2. The van der Waals surface area contributed by atoms with Crippen LogP contribution in [0.4, 0.5) is 4.79 Å². The van der Waals surface area contributed by atoms with E-state index in [1.165, 1.54) is 4.90 Å². The summed E-state index contributed by atoms with van der Waals surface area (Å²) in [6.07, 6.45) is 1.68. The van der Waals surface area contributed by atoms with Gasteiger partial charge < -0.3 is 9.47 Å². The number of benzene rings is 2. The summed E-state index contributed by atoms with van der Waals surface area (Å²) in [5, 5.41) is -0.268. The summed E-state index contributed by atoms with van der Waals surface area (Å²) in [6, 6.07) is 13.1. The largest absolute Gasteiger partial charge is 0.497 e. The molecule has 0 N–H and O–H groups in total. The average Bonchev–Trinajstić information content (AvgIpc) is 2.89. The van der Waals surface area contributed by atoms with Crippen molar-refractivity contribution in [3.8, 4) is 11.5 Å². The number of thioether (sulfide) groups is 1. The van der Waals surface area contributed by atoms with Gasteiger partial charge in [0.2, 0.25) is 0 Å². The van der Waals surface area contributed by atoms with Crippen molar-refractivity contribution in [3.63, 3.8) is 0 Å². The molecule has 3 rings (SSSR count). The van der Waals surface area contributed by atoms with E-state index in [1.54, 1.807) is 38.5 Å². The van der Waals surface area contributed by atoms with Crippen LogP contribution >= 0.6 is 11.8 Å². The first-order chi connectivity index (χ1) is 12.5. The molecule has 1 heterocycles. The summed E-state index contributed by atoms with van der Waals surface area (Å²) in [4.78, 5) is 26.6. The van der Waals surface area contributed by atoms with E-state index < -0.39 is 0 Å². The number of methoxy groups -OCH3 is 2. The van der Waals surface area contributed by atoms with Gasteiger partial charge in [-0.15, -0.1) is 0 Å². The lowest BCUT2D eigenvalue weighted by Gasteiger charge is -2.13. The van der Waals surface area contributed by atoms with Gasteiger partial charge in [-0.2, -0.15) is 0 Å². The Morgan fingerprint density at radius 1 is 1.08 bits per heavy atom. The van der Waals surface area contributed by atoms with Crippen molar-refractivity contribution in [2.45, 2.75) is 13.5 Å². The Morgan fingerprint density at radius 2 is 1.88 bits per heavy atom. The van der Waals surface area contributed by atoms with E-state index in [1.807, 2.05) is 31.2 Å². The summed E-state index contributed by atoms with van der Waals surface area (Å²) in [7, 11) is 3.13. The summed E-state index contributed by atoms with van der Waals surface area (Å²) in [5.41, 5.74) is 2.73. The average molecular weight is 369 g/mol. The first kappa shape index (κ1) is 18.1. The molecule has 1 fully saturated rings. The standard InChI is InChI=1S/C20H19NO4S/c1-13-5-4-6-14(9-13)12-21-19(22)18(26-20(21)23)10-15-7-8-16(24-2)11-17(15)25-3/h4-11H,12H2,1-3H3/b18-10+. The van der Waals surface area contributed by atoms with Crippen LogP contribution in [0.3, 0.4) is 0 Å². The van der Waals surface area contributed by atoms with Crippen molar-refractivity contribution in [1.29, 1.82) is 0 Å². The van der Waals surface area contributed by atoms with Crippen LogP contribution in [0.2, 0.25) is 0 Å². The number of imide groups is 1. The molecule has 1 aliphatic rings. The number of carbonyl (C=O) groups excluding carboxylic acids is 2. The number of hydrogen-bond acceptors (Lipinski definition) is 5. The normalized spacial score (nSPS) is 15.7. The molecule has 0 radical (unpaired) electrons. The number of carbonyl (C=O) groups is 2. The van der Waals surface area contributed by atoms with Crippen LogP contribution in [0.1, 0.15) is 16.7 Å². The van der Waals surface area contributed by atoms with E-state index in [4.69, 9.17) is 9.47 Å². The minimum absolute atomic E-state index is 0.267. The summed E-state index contributed by atoms with van der Waals surface area (Å²) < 4.78 is 10.5. The third kappa shape index (κ3) is 3.75. The highest BCUT2D eigenvalue weighted by molar-refractivity contribution is 8.18. The summed E-state index contributed by atoms with van der Waals surface area (Å²) >= 11 is 0.941. The lowest BCUT2D eigenvalue weighted by atomic mass is 10.1. The van der Waals surface area contributed by atoms with E-state index >= 15 is 0 Å². The van der Waals surface area contributed by atoms with E-state index in [-0.39, 0.29) is 17.7 Å². The molecule has 26 heavy (non-hydrogen) atoms. The van der Waals surface area contributed by atoms with E-state index in [9.17, 15) is 9.59 Å². The van der Waals surface area contributed by atoms with Crippen LogP contribution in [0.15, 0.2) is 47.4 Å². The maximum absolute atomic E-state index is 12.7. The zero-order valence-electron chi connectivity index (χ0n) is 14.8. The van der Waals surface area contributed by atoms with Crippen molar-refractivity contribution < 1.29 is 19.1 Å². The van der Waals surface area contributed by atoms with Crippen LogP contribution < -0.4 is 9.47 Å². The van der Waals surface area contributed by atoms with Crippen LogP contribution in [-0.2, 0) is 11.3 Å². The fourth-order valence-electron chi connectivity index (χ4n) is 2.71. The van der Waals surface area contributed by atoms with Crippen molar-refractivity contribution in [3.05, 3.63) is 64.1 Å². The molecule has 0 aliphatic carbocycles. The Labute approximate surface area is 156 Å². The van der Waals surface area contributed by atoms with Gasteiger partial charge in [-0.25, -0.2) is 0 Å². The zero-order valence-corrected chi connectivity index (χ0v) is 15.6. The molecule has 134 valence electrons. The van der Waals surface area contributed by atoms with Gasteiger partial charge in [0.05, 0.1) is 25.7 Å². The van der Waals surface area contributed by atoms with Crippen LogP contribution in [0.5, 0.6) is 11.5 Å². The molecule has 5 nitrogen and oxygen atoms in total. The monoisotopic (exact) mass is 369 g/mol. The van der Waals surface area contributed by atoms with E-state index in [0.29, 0.717) is 22.0 Å². The topological polar surface area (TPSA) is 55.8 Å². The minimum atomic E-state index is -0.292. The fraction of sp³-hybridized carbons (Fsp3) is 0.200. The molecule has 0 atom stereocenters. The third-order valence-electron chi connectivity index (χ3n) is 4.02. The number of rotatable bonds is 5. The minimum Gasteiger partial charge on any atom is -0.497 e. The van der Waals surface area contributed by atoms with Crippen molar-refractivity contribution in [2.24, 2.45) is 0 Å². The highest BCUT2D eigenvalue weighted by atomic mass is 32.2. The number of hydrogen-bond donors (Lipinski definition) is 0. The molecular formula is C20H19NO4S. The van der Waals surface area contributed by atoms with Crippen LogP contribution in [-0.4, -0.2) is 30.3 Å². The number of nitrogens with zero attached hydrogens (tertiary/aromatic N) is 1. The van der Waals surface area contributed by atoms with Gasteiger partial charge in [0.15, 0.2) is 0 Å². The first-order valence-corrected chi connectivity index (χ1v) is 8.86. The second kappa shape index (κ2) is 7.66. The molecule has 2 amide bonds. The highest BCUT2D eigenvalue weighted by Crippen LogP contribution is 2.35. The Kier molecular flexibility index (Phi) is 5.32. The molecular weight excluding hydrogens is 350 g/mol. The number of aryl methyl sites for hydroxylation is 1. The van der Waals surface area contributed by atoms with Crippen molar-refractivity contribution in [1.82, 2.24) is 4.90 Å².